The molecule has 0 radical (unpaired) electrons. The normalized spacial score (nSPS) is 24.1. The highest BCUT2D eigenvalue weighted by molar-refractivity contribution is 14.0. The summed E-state index contributed by atoms with van der Waals surface area (Å²) in [6.07, 6.45) is 5.00. The summed E-state index contributed by atoms with van der Waals surface area (Å²) in [6, 6.07) is 8.17. The molecule has 3 unspecified atom stereocenters. The van der Waals surface area contributed by atoms with Crippen LogP contribution in [0.15, 0.2) is 29.3 Å². The average molecular weight is 472 g/mol. The minimum absolute atomic E-state index is 0. The number of hydrogen-bond donors (Lipinski definition) is 2. The predicted octanol–water partition coefficient (Wildman–Crippen LogP) is 2.03. The van der Waals surface area contributed by atoms with Crippen LogP contribution in [0.4, 0.5) is 0 Å². The third-order valence-electron chi connectivity index (χ3n) is 4.94. The Morgan fingerprint density at radius 3 is 2.77 bits per heavy atom. The zero-order chi connectivity index (χ0) is 17.8. The van der Waals surface area contributed by atoms with E-state index in [2.05, 4.69) is 15.6 Å². The first-order valence-corrected chi connectivity index (χ1v) is 9.00. The molecule has 6 nitrogen and oxygen atoms in total. The molecule has 2 fully saturated rings. The molecule has 2 heterocycles. The highest BCUT2D eigenvalue weighted by Gasteiger charge is 2.41. The highest BCUT2D eigenvalue weighted by atomic mass is 127. The summed E-state index contributed by atoms with van der Waals surface area (Å²) in [7, 11) is 5.33. The number of rotatable bonds is 5. The summed E-state index contributed by atoms with van der Waals surface area (Å²) in [5.41, 5.74) is 1.86. The summed E-state index contributed by atoms with van der Waals surface area (Å²) in [6.45, 7) is 0.765. The van der Waals surface area contributed by atoms with E-state index in [9.17, 15) is 4.79 Å². The van der Waals surface area contributed by atoms with Crippen molar-refractivity contribution in [2.75, 3.05) is 27.7 Å². The lowest BCUT2D eigenvalue weighted by Crippen LogP contribution is -2.47. The van der Waals surface area contributed by atoms with Gasteiger partial charge in [-0.15, -0.1) is 24.0 Å². The molecule has 1 aromatic rings. The maximum Gasteiger partial charge on any atom is 0.253 e. The second-order valence-electron chi connectivity index (χ2n) is 7.01. The maximum atomic E-state index is 12.1. The Hall–Kier alpha value is -1.35. The fourth-order valence-corrected chi connectivity index (χ4v) is 3.60. The number of guanidine groups is 1. The molecule has 3 rings (SSSR count). The lowest BCUT2D eigenvalue weighted by Gasteiger charge is -2.22. The molecule has 0 saturated carbocycles. The first kappa shape index (κ1) is 21.0. The highest BCUT2D eigenvalue weighted by Crippen LogP contribution is 2.34. The van der Waals surface area contributed by atoms with Gasteiger partial charge in [-0.2, -0.15) is 0 Å². The average Bonchev–Trinajstić information content (AvgIpc) is 3.23. The van der Waals surface area contributed by atoms with Gasteiger partial charge in [-0.3, -0.25) is 9.79 Å². The summed E-state index contributed by atoms with van der Waals surface area (Å²) >= 11 is 0. The van der Waals surface area contributed by atoms with Crippen molar-refractivity contribution < 1.29 is 9.53 Å². The maximum absolute atomic E-state index is 12.1. The second kappa shape index (κ2) is 9.55. The monoisotopic (exact) mass is 472 g/mol. The van der Waals surface area contributed by atoms with Gasteiger partial charge < -0.3 is 20.3 Å². The van der Waals surface area contributed by atoms with Gasteiger partial charge in [0.05, 0.1) is 18.2 Å². The zero-order valence-electron chi connectivity index (χ0n) is 15.7. The SMILES string of the molecule is CN=C(NCCc1cccc(C(=O)N(C)C)c1)NC1CC2CCC1O2.I. The minimum atomic E-state index is 0. The van der Waals surface area contributed by atoms with Gasteiger partial charge in [0.2, 0.25) is 0 Å². The van der Waals surface area contributed by atoms with Gasteiger partial charge in [0.15, 0.2) is 5.96 Å². The molecule has 144 valence electrons. The number of ether oxygens (including phenoxy) is 1. The van der Waals surface area contributed by atoms with E-state index in [1.54, 1.807) is 26.0 Å². The lowest BCUT2D eigenvalue weighted by molar-refractivity contribution is 0.0827. The standard InChI is InChI=1S/C19H28N4O2.HI/c1-20-19(22-16-12-15-7-8-17(16)25-15)21-10-9-13-5-4-6-14(11-13)18(24)23(2)3;/h4-6,11,15-17H,7-10,12H2,1-3H3,(H2,20,21,22);1H. The Labute approximate surface area is 172 Å². The third kappa shape index (κ3) is 5.09. The molecule has 1 aromatic carbocycles. The molecule has 2 saturated heterocycles. The molecular formula is C19H29IN4O2. The molecule has 7 heteroatoms. The summed E-state index contributed by atoms with van der Waals surface area (Å²) in [5, 5.41) is 6.84. The molecule has 0 aromatic heterocycles. The Kier molecular flexibility index (Phi) is 7.69. The minimum Gasteiger partial charge on any atom is -0.373 e. The quantitative estimate of drug-likeness (QED) is 0.391. The predicted molar refractivity (Wildman–Crippen MR) is 114 cm³/mol. The van der Waals surface area contributed by atoms with Gasteiger partial charge in [0, 0.05) is 33.3 Å². The number of nitrogens with zero attached hydrogens (tertiary/aromatic N) is 2. The second-order valence-corrected chi connectivity index (χ2v) is 7.01. The van der Waals surface area contributed by atoms with Crippen LogP contribution in [0.5, 0.6) is 0 Å². The van der Waals surface area contributed by atoms with Gasteiger partial charge >= 0.3 is 0 Å². The smallest absolute Gasteiger partial charge is 0.253 e. The molecule has 2 N–H and O–H groups in total. The number of aliphatic imine (C=N–C) groups is 1. The summed E-state index contributed by atoms with van der Waals surface area (Å²) in [4.78, 5) is 18.0. The van der Waals surface area contributed by atoms with Crippen LogP contribution >= 0.6 is 24.0 Å². The van der Waals surface area contributed by atoms with E-state index in [1.807, 2.05) is 24.3 Å². The van der Waals surface area contributed by atoms with Crippen molar-refractivity contribution in [3.63, 3.8) is 0 Å². The summed E-state index contributed by atoms with van der Waals surface area (Å²) < 4.78 is 5.88. The molecule has 26 heavy (non-hydrogen) atoms. The van der Waals surface area contributed by atoms with Gasteiger partial charge in [0.25, 0.3) is 5.91 Å². The number of amides is 1. The number of fused-ring (bicyclic) bond motifs is 2. The van der Waals surface area contributed by atoms with E-state index in [0.29, 0.717) is 18.2 Å². The number of carbonyl (C=O) groups is 1. The van der Waals surface area contributed by atoms with Crippen LogP contribution in [0.25, 0.3) is 0 Å². The molecule has 1 amide bonds. The molecular weight excluding hydrogens is 443 g/mol. The number of nitrogens with one attached hydrogen (secondary N) is 2. The van der Waals surface area contributed by atoms with E-state index < -0.39 is 0 Å². The van der Waals surface area contributed by atoms with Crippen molar-refractivity contribution in [3.05, 3.63) is 35.4 Å². The van der Waals surface area contributed by atoms with Crippen molar-refractivity contribution in [3.8, 4) is 0 Å². The van der Waals surface area contributed by atoms with Crippen LogP contribution in [0.1, 0.15) is 35.2 Å². The number of benzene rings is 1. The first-order valence-electron chi connectivity index (χ1n) is 9.00. The number of carbonyl (C=O) groups excluding carboxylic acids is 1. The molecule has 0 spiro atoms. The van der Waals surface area contributed by atoms with Crippen molar-refractivity contribution in [1.29, 1.82) is 0 Å². The molecule has 2 bridgehead atoms. The van der Waals surface area contributed by atoms with Gasteiger partial charge in [-0.25, -0.2) is 0 Å². The molecule has 0 aliphatic carbocycles. The van der Waals surface area contributed by atoms with E-state index in [-0.39, 0.29) is 29.9 Å². The Morgan fingerprint density at radius 2 is 2.15 bits per heavy atom. The van der Waals surface area contributed by atoms with Crippen molar-refractivity contribution in [2.45, 2.75) is 43.9 Å². The molecule has 3 atom stereocenters. The van der Waals surface area contributed by atoms with E-state index in [0.717, 1.165) is 42.9 Å². The molecule has 2 aliphatic heterocycles. The fourth-order valence-electron chi connectivity index (χ4n) is 3.60. The largest absolute Gasteiger partial charge is 0.373 e. The van der Waals surface area contributed by atoms with Crippen LogP contribution in [0.3, 0.4) is 0 Å². The van der Waals surface area contributed by atoms with E-state index in [4.69, 9.17) is 4.74 Å². The fraction of sp³-hybridized carbons (Fsp3) is 0.579. The van der Waals surface area contributed by atoms with Gasteiger partial charge in [0.1, 0.15) is 0 Å². The van der Waals surface area contributed by atoms with Crippen LogP contribution in [0.2, 0.25) is 0 Å². The first-order chi connectivity index (χ1) is 12.1. The topological polar surface area (TPSA) is 66.0 Å². The Morgan fingerprint density at radius 1 is 1.35 bits per heavy atom. The van der Waals surface area contributed by atoms with E-state index in [1.165, 1.54) is 6.42 Å². The van der Waals surface area contributed by atoms with Crippen LogP contribution in [-0.4, -0.2) is 62.7 Å². The summed E-state index contributed by atoms with van der Waals surface area (Å²) in [5.74, 6) is 0.852. The van der Waals surface area contributed by atoms with Crippen LogP contribution < -0.4 is 10.6 Å². The number of halogens is 1. The van der Waals surface area contributed by atoms with Gasteiger partial charge in [-0.1, -0.05) is 12.1 Å². The van der Waals surface area contributed by atoms with Crippen molar-refractivity contribution in [1.82, 2.24) is 15.5 Å². The zero-order valence-corrected chi connectivity index (χ0v) is 18.0. The lowest BCUT2D eigenvalue weighted by atomic mass is 9.96. The Bertz CT molecular complexity index is 650. The number of hydrogen-bond acceptors (Lipinski definition) is 3. The van der Waals surface area contributed by atoms with E-state index >= 15 is 0 Å². The van der Waals surface area contributed by atoms with Crippen molar-refractivity contribution >= 4 is 35.8 Å². The van der Waals surface area contributed by atoms with Crippen LogP contribution in [0, 0.1) is 0 Å². The van der Waals surface area contributed by atoms with Crippen molar-refractivity contribution in [2.24, 2.45) is 4.99 Å². The molecule has 2 aliphatic rings. The van der Waals surface area contributed by atoms with Crippen LogP contribution in [-0.2, 0) is 11.2 Å². The van der Waals surface area contributed by atoms with Gasteiger partial charge in [-0.05, 0) is 43.4 Å². The third-order valence-corrected chi connectivity index (χ3v) is 4.94. The Balaban J connectivity index is 0.00000243.